The maximum Gasteiger partial charge on any atom is 0.0976 e. The predicted octanol–water partition coefficient (Wildman–Crippen LogP) is 1.81. The zero-order valence-electron chi connectivity index (χ0n) is 7.95. The highest BCUT2D eigenvalue weighted by Gasteiger charge is 2.31. The maximum absolute atomic E-state index is 9.97. The van der Waals surface area contributed by atoms with Gasteiger partial charge in [-0.1, -0.05) is 18.2 Å². The number of rotatable bonds is 7. The van der Waals surface area contributed by atoms with Gasteiger partial charge in [-0.15, -0.1) is 19.7 Å². The molecule has 0 aromatic rings. The summed E-state index contributed by atoms with van der Waals surface area (Å²) in [5.41, 5.74) is -1.14. The molecule has 0 aliphatic rings. The molecule has 0 rings (SSSR count). The van der Waals surface area contributed by atoms with Crippen LogP contribution in [0.4, 0.5) is 0 Å². The predicted molar refractivity (Wildman–Crippen MR) is 55.4 cm³/mol. The van der Waals surface area contributed by atoms with Crippen molar-refractivity contribution in [3.8, 4) is 0 Å². The molecule has 0 heterocycles. The van der Waals surface area contributed by atoms with Gasteiger partial charge in [0, 0.05) is 0 Å². The molecule has 13 heavy (non-hydrogen) atoms. The summed E-state index contributed by atoms with van der Waals surface area (Å²) < 4.78 is 0. The van der Waals surface area contributed by atoms with Gasteiger partial charge in [0.2, 0.25) is 0 Å². The Bertz CT molecular complexity index is 175. The molecule has 0 saturated heterocycles. The summed E-state index contributed by atoms with van der Waals surface area (Å²) in [5.74, 6) is 0. The van der Waals surface area contributed by atoms with Gasteiger partial charge in [0.05, 0.1) is 11.7 Å². The van der Waals surface area contributed by atoms with Crippen molar-refractivity contribution < 1.29 is 10.2 Å². The number of aliphatic hydroxyl groups excluding tert-OH is 1. The third-order valence-electron chi connectivity index (χ3n) is 2.01. The summed E-state index contributed by atoms with van der Waals surface area (Å²) in [7, 11) is 0. The van der Waals surface area contributed by atoms with Crippen LogP contribution in [0.1, 0.15) is 19.3 Å². The zero-order valence-corrected chi connectivity index (χ0v) is 7.95. The number of hydrogen-bond acceptors (Lipinski definition) is 2. The molecule has 74 valence electrons. The fraction of sp³-hybridized carbons (Fsp3) is 0.455. The van der Waals surface area contributed by atoms with Gasteiger partial charge in [-0.05, 0) is 19.3 Å². The first kappa shape index (κ1) is 12.1. The second kappa shape index (κ2) is 5.73. The highest BCUT2D eigenvalue weighted by atomic mass is 16.3. The normalized spacial score (nSPS) is 13.4. The Morgan fingerprint density at radius 1 is 1.08 bits per heavy atom. The summed E-state index contributed by atoms with van der Waals surface area (Å²) in [4.78, 5) is 0. The molecule has 0 fully saturated rings. The molecule has 0 aromatic heterocycles. The molecule has 1 atom stereocenters. The quantitative estimate of drug-likeness (QED) is 0.589. The van der Waals surface area contributed by atoms with Crippen molar-refractivity contribution in [2.75, 3.05) is 0 Å². The molecule has 0 spiro atoms. The van der Waals surface area contributed by atoms with Gasteiger partial charge in [-0.2, -0.15) is 0 Å². The smallest absolute Gasteiger partial charge is 0.0976 e. The van der Waals surface area contributed by atoms with Crippen LogP contribution in [0.15, 0.2) is 38.0 Å². The van der Waals surface area contributed by atoms with Crippen LogP contribution in [-0.2, 0) is 0 Å². The molecule has 0 bridgehead atoms. The van der Waals surface area contributed by atoms with E-state index in [-0.39, 0.29) is 0 Å². The Morgan fingerprint density at radius 2 is 1.54 bits per heavy atom. The van der Waals surface area contributed by atoms with E-state index in [2.05, 4.69) is 19.7 Å². The average Bonchev–Trinajstić information content (AvgIpc) is 2.05. The molecular formula is C11H18O2. The minimum absolute atomic E-state index is 0.355. The lowest BCUT2D eigenvalue weighted by Crippen LogP contribution is -2.41. The van der Waals surface area contributed by atoms with Gasteiger partial charge >= 0.3 is 0 Å². The maximum atomic E-state index is 9.97. The van der Waals surface area contributed by atoms with Gasteiger partial charge in [-0.25, -0.2) is 0 Å². The molecule has 2 N–H and O–H groups in total. The molecule has 1 unspecified atom stereocenters. The largest absolute Gasteiger partial charge is 0.390 e. The minimum atomic E-state index is -1.14. The van der Waals surface area contributed by atoms with Crippen LogP contribution >= 0.6 is 0 Å². The van der Waals surface area contributed by atoms with Gasteiger partial charge in [0.25, 0.3) is 0 Å². The first-order valence-electron chi connectivity index (χ1n) is 4.34. The number of hydrogen-bond donors (Lipinski definition) is 2. The van der Waals surface area contributed by atoms with Gasteiger partial charge in [0.15, 0.2) is 0 Å². The van der Waals surface area contributed by atoms with Gasteiger partial charge in [-0.3, -0.25) is 0 Å². The van der Waals surface area contributed by atoms with E-state index in [0.29, 0.717) is 19.3 Å². The van der Waals surface area contributed by atoms with E-state index in [9.17, 15) is 10.2 Å². The van der Waals surface area contributed by atoms with Gasteiger partial charge < -0.3 is 10.2 Å². The first-order valence-corrected chi connectivity index (χ1v) is 4.34. The Kier molecular flexibility index (Phi) is 5.35. The van der Waals surface area contributed by atoms with Crippen LogP contribution in [0.3, 0.4) is 0 Å². The molecule has 0 radical (unpaired) electrons. The Balaban J connectivity index is 4.43. The van der Waals surface area contributed by atoms with E-state index in [1.807, 2.05) is 0 Å². The van der Waals surface area contributed by atoms with Crippen molar-refractivity contribution in [1.29, 1.82) is 0 Å². The molecule has 2 heteroatoms. The van der Waals surface area contributed by atoms with Crippen molar-refractivity contribution >= 4 is 0 Å². The van der Waals surface area contributed by atoms with E-state index in [1.165, 1.54) is 0 Å². The topological polar surface area (TPSA) is 40.5 Å². The molecule has 0 aliphatic heterocycles. The van der Waals surface area contributed by atoms with E-state index in [0.717, 1.165) is 0 Å². The van der Waals surface area contributed by atoms with E-state index >= 15 is 0 Å². The monoisotopic (exact) mass is 182 g/mol. The van der Waals surface area contributed by atoms with Crippen LogP contribution in [0.2, 0.25) is 0 Å². The van der Waals surface area contributed by atoms with E-state index < -0.39 is 11.7 Å². The Morgan fingerprint density at radius 3 is 1.85 bits per heavy atom. The molecule has 0 aliphatic carbocycles. The average molecular weight is 182 g/mol. The first-order chi connectivity index (χ1) is 6.10. The third-order valence-corrected chi connectivity index (χ3v) is 2.01. The Hall–Kier alpha value is -0.860. The summed E-state index contributed by atoms with van der Waals surface area (Å²) in [5, 5.41) is 19.6. The highest BCUT2D eigenvalue weighted by molar-refractivity contribution is 4.98. The molecule has 0 saturated carbocycles. The fourth-order valence-electron chi connectivity index (χ4n) is 1.23. The minimum Gasteiger partial charge on any atom is -0.390 e. The summed E-state index contributed by atoms with van der Waals surface area (Å²) in [6.45, 7) is 10.6. The van der Waals surface area contributed by atoms with Crippen molar-refractivity contribution in [3.05, 3.63) is 38.0 Å². The summed E-state index contributed by atoms with van der Waals surface area (Å²) in [6, 6.07) is 0. The zero-order chi connectivity index (χ0) is 10.3. The summed E-state index contributed by atoms with van der Waals surface area (Å²) >= 11 is 0. The van der Waals surface area contributed by atoms with Crippen molar-refractivity contribution in [2.24, 2.45) is 0 Å². The van der Waals surface area contributed by atoms with Crippen LogP contribution in [0.5, 0.6) is 0 Å². The molecular weight excluding hydrogens is 164 g/mol. The van der Waals surface area contributed by atoms with Crippen LogP contribution in [0, 0.1) is 0 Å². The van der Waals surface area contributed by atoms with Crippen LogP contribution in [0.25, 0.3) is 0 Å². The Labute approximate surface area is 79.9 Å². The van der Waals surface area contributed by atoms with E-state index in [4.69, 9.17) is 0 Å². The lowest BCUT2D eigenvalue weighted by atomic mass is 9.87. The summed E-state index contributed by atoms with van der Waals surface area (Å²) in [6.07, 6.45) is 5.05. The van der Waals surface area contributed by atoms with Crippen LogP contribution in [-0.4, -0.2) is 21.9 Å². The SMILES string of the molecule is C=CCC(O)C(O)(CC=C)CC=C. The third kappa shape index (κ3) is 3.57. The van der Waals surface area contributed by atoms with Crippen molar-refractivity contribution in [3.63, 3.8) is 0 Å². The second-order valence-electron chi connectivity index (χ2n) is 3.13. The van der Waals surface area contributed by atoms with Gasteiger partial charge in [0.1, 0.15) is 0 Å². The highest BCUT2D eigenvalue weighted by Crippen LogP contribution is 2.23. The molecule has 0 aromatic carbocycles. The van der Waals surface area contributed by atoms with E-state index in [1.54, 1.807) is 18.2 Å². The lowest BCUT2D eigenvalue weighted by molar-refractivity contribution is -0.0686. The number of aliphatic hydroxyl groups is 2. The second-order valence-corrected chi connectivity index (χ2v) is 3.13. The van der Waals surface area contributed by atoms with Crippen molar-refractivity contribution in [2.45, 2.75) is 31.0 Å². The standard InChI is InChI=1S/C11H18O2/c1-4-7-10(12)11(13,8-5-2)9-6-3/h4-6,10,12-13H,1-3,7-9H2. The lowest BCUT2D eigenvalue weighted by Gasteiger charge is -2.30. The fourth-order valence-corrected chi connectivity index (χ4v) is 1.23. The molecule has 2 nitrogen and oxygen atoms in total. The van der Waals surface area contributed by atoms with Crippen LogP contribution < -0.4 is 0 Å². The molecule has 0 amide bonds. The van der Waals surface area contributed by atoms with Crippen molar-refractivity contribution in [1.82, 2.24) is 0 Å².